The maximum Gasteiger partial charge on any atom is 2.00 e. The smallest absolute Gasteiger partial charge is 0.872 e. The van der Waals surface area contributed by atoms with Gasteiger partial charge < -0.3 is 24.2 Å². The summed E-state index contributed by atoms with van der Waals surface area (Å²) in [6, 6.07) is 21.6. The molecule has 4 aromatic rings. The SMILES string of the molecule is CCCCCCCCCCCCc1ccc(Oc2cc(O)cc(S(=O)(=O)O)c2)cc1.CCCCCCCCCCCCc1ccc(Oc2cc([O-])cc(S(=O)(=O)[O-])c2)cc1.[Ca+2]. The van der Waals surface area contributed by atoms with E-state index < -0.39 is 35.8 Å². The normalized spacial score (nSPS) is 11.3. The Morgan fingerprint density at radius 2 is 0.836 bits per heavy atom. The van der Waals surface area contributed by atoms with Crippen molar-refractivity contribution in [2.24, 2.45) is 0 Å². The van der Waals surface area contributed by atoms with Crippen molar-refractivity contribution in [2.45, 2.75) is 165 Å². The van der Waals surface area contributed by atoms with Crippen LogP contribution in [-0.4, -0.2) is 68.8 Å². The van der Waals surface area contributed by atoms with Crippen LogP contribution in [0, 0.1) is 0 Å². The summed E-state index contributed by atoms with van der Waals surface area (Å²) >= 11 is 0. The minimum atomic E-state index is -4.70. The van der Waals surface area contributed by atoms with Crippen molar-refractivity contribution in [3.05, 3.63) is 96.1 Å². The van der Waals surface area contributed by atoms with Gasteiger partial charge in [-0.05, 0) is 73.2 Å². The number of unbranched alkanes of at least 4 members (excludes halogenated alkanes) is 18. The van der Waals surface area contributed by atoms with E-state index in [0.717, 1.165) is 43.5 Å². The van der Waals surface area contributed by atoms with E-state index in [1.807, 2.05) is 36.4 Å². The third-order valence-corrected chi connectivity index (χ3v) is 11.9. The zero-order valence-electron chi connectivity index (χ0n) is 36.3. The summed E-state index contributed by atoms with van der Waals surface area (Å²) in [4.78, 5) is -0.988. The zero-order chi connectivity index (χ0) is 43.6. The van der Waals surface area contributed by atoms with Gasteiger partial charge in [0.2, 0.25) is 0 Å². The van der Waals surface area contributed by atoms with Gasteiger partial charge in [-0.15, -0.1) is 5.75 Å². The fourth-order valence-electron chi connectivity index (χ4n) is 6.87. The van der Waals surface area contributed by atoms with Crippen molar-refractivity contribution < 1.29 is 45.6 Å². The molecule has 4 aromatic carbocycles. The van der Waals surface area contributed by atoms with Gasteiger partial charge in [-0.25, -0.2) is 8.42 Å². The zero-order valence-corrected chi connectivity index (χ0v) is 40.2. The second-order valence-corrected chi connectivity index (χ2v) is 18.4. The molecule has 0 atom stereocenters. The van der Waals surface area contributed by atoms with Crippen molar-refractivity contribution in [3.63, 3.8) is 0 Å². The van der Waals surface area contributed by atoms with Crippen LogP contribution in [0.1, 0.15) is 153 Å². The first-order chi connectivity index (χ1) is 28.8. The third-order valence-electron chi connectivity index (χ3n) is 10.3. The Bertz CT molecular complexity index is 1870. The molecule has 0 saturated heterocycles. The molecule has 4 rings (SSSR count). The molecule has 10 nitrogen and oxygen atoms in total. The molecule has 0 fully saturated rings. The number of aryl methyl sites for hydroxylation is 2. The Kier molecular flexibility index (Phi) is 27.0. The molecule has 0 spiro atoms. The number of phenols is 1. The van der Waals surface area contributed by atoms with Crippen LogP contribution in [-0.2, 0) is 33.1 Å². The Balaban J connectivity index is 0.000000413. The Hall–Kier alpha value is -2.84. The van der Waals surface area contributed by atoms with Gasteiger partial charge in [-0.2, -0.15) is 8.42 Å². The summed E-state index contributed by atoms with van der Waals surface area (Å²) in [7, 11) is -9.11. The number of hydrogen-bond acceptors (Lipinski definition) is 9. The Labute approximate surface area is 396 Å². The van der Waals surface area contributed by atoms with Crippen molar-refractivity contribution in [3.8, 4) is 34.5 Å². The predicted octanol–water partition coefficient (Wildman–Crippen LogP) is 12.4. The average molecular weight is 907 g/mol. The molecular weight excluding hydrogens is 841 g/mol. The molecular formula is C48H66CaO10S2. The molecule has 0 aliphatic heterocycles. The first-order valence-corrected chi connectivity index (χ1v) is 24.7. The summed E-state index contributed by atoms with van der Waals surface area (Å²) in [6.07, 6.45) is 28.3. The molecule has 0 aliphatic rings. The molecule has 0 radical (unpaired) electrons. The first-order valence-electron chi connectivity index (χ1n) is 21.9. The first kappa shape index (κ1) is 54.3. The molecule has 0 aromatic heterocycles. The summed E-state index contributed by atoms with van der Waals surface area (Å²) in [5.41, 5.74) is 2.44. The minimum Gasteiger partial charge on any atom is -0.872 e. The maximum absolute atomic E-state index is 11.6. The average Bonchev–Trinajstić information content (AvgIpc) is 3.20. The van der Waals surface area contributed by atoms with Crippen molar-refractivity contribution in [2.75, 3.05) is 0 Å². The summed E-state index contributed by atoms with van der Waals surface area (Å²) in [5, 5.41) is 21.2. The molecule has 332 valence electrons. The predicted molar refractivity (Wildman–Crippen MR) is 242 cm³/mol. The van der Waals surface area contributed by atoms with E-state index in [2.05, 4.69) is 13.8 Å². The second-order valence-electron chi connectivity index (χ2n) is 15.6. The number of phenolic OH excluding ortho intramolecular Hbond substituents is 1. The molecule has 0 saturated carbocycles. The van der Waals surface area contributed by atoms with Crippen LogP contribution >= 0.6 is 0 Å². The summed E-state index contributed by atoms with van der Waals surface area (Å²) in [5.74, 6) is 0.331. The molecule has 0 aliphatic carbocycles. The van der Waals surface area contributed by atoms with Crippen molar-refractivity contribution >= 4 is 58.0 Å². The third kappa shape index (κ3) is 24.0. The Morgan fingerprint density at radius 3 is 1.21 bits per heavy atom. The minimum absolute atomic E-state index is 0. The van der Waals surface area contributed by atoms with Crippen LogP contribution in [0.3, 0.4) is 0 Å². The van der Waals surface area contributed by atoms with Gasteiger partial charge in [0.25, 0.3) is 10.1 Å². The number of aromatic hydroxyl groups is 1. The maximum atomic E-state index is 11.6. The number of hydrogen-bond donors (Lipinski definition) is 2. The standard InChI is InChI=1S/2C24H34O5S.Ca/c2*1-2-3-4-5-6-7-8-9-10-11-12-20-13-15-22(16-14-20)29-23-17-21(25)18-24(19-23)30(26,27)28;/h2*13-19,25H,2-12H2,1H3,(H,26,27,28);/q;;+2/p-2. The molecule has 0 heterocycles. The number of rotatable bonds is 28. The van der Waals surface area contributed by atoms with Crippen LogP contribution in [0.5, 0.6) is 34.5 Å². The van der Waals surface area contributed by atoms with Gasteiger partial charge in [-0.3, -0.25) is 4.55 Å². The van der Waals surface area contributed by atoms with Crippen LogP contribution in [0.4, 0.5) is 0 Å². The van der Waals surface area contributed by atoms with Crippen LogP contribution in [0.2, 0.25) is 0 Å². The Morgan fingerprint density at radius 1 is 0.475 bits per heavy atom. The van der Waals surface area contributed by atoms with Crippen LogP contribution < -0.4 is 14.6 Å². The van der Waals surface area contributed by atoms with Crippen LogP contribution in [0.15, 0.2) is 94.7 Å². The van der Waals surface area contributed by atoms with E-state index in [-0.39, 0.29) is 55.0 Å². The van der Waals surface area contributed by atoms with Crippen molar-refractivity contribution in [1.82, 2.24) is 0 Å². The van der Waals surface area contributed by atoms with Gasteiger partial charge >= 0.3 is 37.7 Å². The molecule has 0 amide bonds. The van der Waals surface area contributed by atoms with E-state index >= 15 is 0 Å². The molecule has 2 N–H and O–H groups in total. The largest absolute Gasteiger partial charge is 2.00 e. The summed E-state index contributed by atoms with van der Waals surface area (Å²) < 4.78 is 76.2. The fraction of sp³-hybridized carbons (Fsp3) is 0.500. The summed E-state index contributed by atoms with van der Waals surface area (Å²) in [6.45, 7) is 4.49. The molecule has 0 bridgehead atoms. The van der Waals surface area contributed by atoms with E-state index in [1.165, 1.54) is 145 Å². The monoisotopic (exact) mass is 906 g/mol. The van der Waals surface area contributed by atoms with E-state index in [4.69, 9.17) is 14.0 Å². The van der Waals surface area contributed by atoms with E-state index in [0.29, 0.717) is 11.5 Å². The van der Waals surface area contributed by atoms with Gasteiger partial charge in [0, 0.05) is 18.2 Å². The topological polar surface area (TPSA) is 173 Å². The van der Waals surface area contributed by atoms with Gasteiger partial charge in [0.15, 0.2) is 0 Å². The van der Waals surface area contributed by atoms with Crippen molar-refractivity contribution in [1.29, 1.82) is 0 Å². The molecule has 0 unspecified atom stereocenters. The number of benzene rings is 4. The molecule has 13 heteroatoms. The van der Waals surface area contributed by atoms with Crippen LogP contribution in [0.25, 0.3) is 0 Å². The quantitative estimate of drug-likeness (QED) is 0.0317. The fourth-order valence-corrected chi connectivity index (χ4v) is 7.92. The second kappa shape index (κ2) is 30.3. The van der Waals surface area contributed by atoms with Gasteiger partial charge in [-0.1, -0.05) is 160 Å². The van der Waals surface area contributed by atoms with Gasteiger partial charge in [0.05, 0.1) is 4.90 Å². The number of ether oxygens (including phenoxy) is 2. The van der Waals surface area contributed by atoms with E-state index in [1.54, 1.807) is 12.1 Å². The molecule has 61 heavy (non-hydrogen) atoms. The van der Waals surface area contributed by atoms with E-state index in [9.17, 15) is 31.6 Å². The van der Waals surface area contributed by atoms with Gasteiger partial charge in [0.1, 0.15) is 43.8 Å².